The normalized spacial score (nSPS) is 15.5. The molecule has 1 aliphatic carbocycles. The van der Waals surface area contributed by atoms with Crippen molar-refractivity contribution in [3.8, 4) is 0 Å². The van der Waals surface area contributed by atoms with Crippen LogP contribution >= 0.6 is 0 Å². The minimum Gasteiger partial charge on any atom is -0.506 e. The van der Waals surface area contributed by atoms with Crippen LogP contribution in [0.25, 0.3) is 5.76 Å². The van der Waals surface area contributed by atoms with Gasteiger partial charge in [0.25, 0.3) is 0 Å². The molecule has 1 aliphatic rings. The van der Waals surface area contributed by atoms with Crippen LogP contribution in [0.5, 0.6) is 0 Å². The van der Waals surface area contributed by atoms with Gasteiger partial charge in [-0.25, -0.2) is 27.2 Å². The minimum absolute atomic E-state index is 0.0917. The van der Waals surface area contributed by atoms with Crippen LogP contribution < -0.4 is 5.32 Å². The van der Waals surface area contributed by atoms with E-state index >= 15 is 13.2 Å². The lowest BCUT2D eigenvalue weighted by Gasteiger charge is -2.20. The van der Waals surface area contributed by atoms with Crippen LogP contribution in [0.2, 0.25) is 0 Å². The molecule has 204 valence electrons. The summed E-state index contributed by atoms with van der Waals surface area (Å²) in [6.45, 7) is -0.687. The van der Waals surface area contributed by atoms with Gasteiger partial charge < -0.3 is 25.0 Å². The summed E-state index contributed by atoms with van der Waals surface area (Å²) in [6.07, 6.45) is -0.156. The maximum atomic E-state index is 15.2. The zero-order valence-corrected chi connectivity index (χ0v) is 20.3. The molecule has 0 bridgehead atoms. The van der Waals surface area contributed by atoms with Gasteiger partial charge in [-0.1, -0.05) is 30.3 Å². The lowest BCUT2D eigenvalue weighted by Crippen LogP contribution is -2.37. The Labute approximate surface area is 215 Å². The standard InChI is InChI=1S/C26H26F4N2O6/c1-2-37-24(35)18(12-31-16(11-27)13-33)23(34)17-10-19(28)20(22(30)21(17)29)26(8-9-26)32-25(36)38-14-15-6-4-3-5-7-15/h3-7,10,12,16,33-34H,2,8-9,11,13-14H2,1H3,(H,32,36)/b23-18+,31-12?. The summed E-state index contributed by atoms with van der Waals surface area (Å²) in [6, 6.07) is 7.85. The molecule has 3 rings (SSSR count). The first-order valence-corrected chi connectivity index (χ1v) is 11.6. The molecule has 1 atom stereocenters. The van der Waals surface area contributed by atoms with Gasteiger partial charge in [-0.2, -0.15) is 0 Å². The molecule has 3 N–H and O–H groups in total. The molecular weight excluding hydrogens is 512 g/mol. The quantitative estimate of drug-likeness (QED) is 0.0984. The number of aliphatic hydroxyl groups excluding tert-OH is 2. The lowest BCUT2D eigenvalue weighted by molar-refractivity contribution is -0.137. The number of benzene rings is 2. The molecule has 1 amide bonds. The SMILES string of the molecule is CCOC(=O)/C(C=NC(CO)CF)=C(/O)c1cc(F)c(C2(NC(=O)OCc3ccccc3)CC2)c(F)c1F. The number of nitrogens with one attached hydrogen (secondary N) is 1. The van der Waals surface area contributed by atoms with Gasteiger partial charge in [0.05, 0.1) is 29.9 Å². The van der Waals surface area contributed by atoms with Gasteiger partial charge in [0.2, 0.25) is 0 Å². The number of carbonyl (C=O) groups excluding carboxylic acids is 2. The summed E-state index contributed by atoms with van der Waals surface area (Å²) in [7, 11) is 0. The van der Waals surface area contributed by atoms with Crippen LogP contribution in [0.15, 0.2) is 47.0 Å². The van der Waals surface area contributed by atoms with Crippen molar-refractivity contribution in [2.75, 3.05) is 19.9 Å². The van der Waals surface area contributed by atoms with Crippen molar-refractivity contribution in [3.05, 3.63) is 76.1 Å². The molecule has 0 aliphatic heterocycles. The molecule has 2 aromatic carbocycles. The van der Waals surface area contributed by atoms with E-state index in [0.717, 1.165) is 0 Å². The fourth-order valence-corrected chi connectivity index (χ4v) is 3.60. The van der Waals surface area contributed by atoms with Crippen LogP contribution in [0.4, 0.5) is 22.4 Å². The van der Waals surface area contributed by atoms with E-state index in [1.807, 2.05) is 0 Å². The van der Waals surface area contributed by atoms with E-state index < -0.39 is 76.8 Å². The van der Waals surface area contributed by atoms with E-state index in [9.17, 15) is 19.1 Å². The first kappa shape index (κ1) is 28.6. The Hall–Kier alpha value is -3.93. The lowest BCUT2D eigenvalue weighted by atomic mass is 9.98. The second-order valence-electron chi connectivity index (χ2n) is 8.43. The van der Waals surface area contributed by atoms with Gasteiger partial charge in [0, 0.05) is 6.21 Å². The molecule has 1 unspecified atom stereocenters. The molecule has 0 radical (unpaired) electrons. The number of alkyl carbamates (subject to hydrolysis) is 1. The number of hydrogen-bond acceptors (Lipinski definition) is 7. The van der Waals surface area contributed by atoms with E-state index in [4.69, 9.17) is 14.6 Å². The van der Waals surface area contributed by atoms with Crippen molar-refractivity contribution in [2.24, 2.45) is 4.99 Å². The van der Waals surface area contributed by atoms with Gasteiger partial charge >= 0.3 is 12.1 Å². The Bertz CT molecular complexity index is 1230. The minimum atomic E-state index is -1.70. The maximum Gasteiger partial charge on any atom is 0.408 e. The average Bonchev–Trinajstić information content (AvgIpc) is 3.67. The molecule has 38 heavy (non-hydrogen) atoms. The highest BCUT2D eigenvalue weighted by Gasteiger charge is 2.51. The summed E-state index contributed by atoms with van der Waals surface area (Å²) in [5.74, 6) is -7.14. The smallest absolute Gasteiger partial charge is 0.408 e. The predicted molar refractivity (Wildman–Crippen MR) is 129 cm³/mol. The average molecular weight is 538 g/mol. The van der Waals surface area contributed by atoms with E-state index in [0.29, 0.717) is 17.8 Å². The number of aliphatic imine (C=N–C) groups is 1. The number of rotatable bonds is 11. The molecule has 0 saturated heterocycles. The number of amides is 1. The van der Waals surface area contributed by atoms with Crippen molar-refractivity contribution in [2.45, 2.75) is 38.0 Å². The fraction of sp³-hybridized carbons (Fsp3) is 0.346. The zero-order chi connectivity index (χ0) is 27.9. The third kappa shape index (κ3) is 6.49. The number of esters is 1. The first-order valence-electron chi connectivity index (χ1n) is 11.6. The zero-order valence-electron chi connectivity index (χ0n) is 20.3. The molecule has 0 aromatic heterocycles. The summed E-state index contributed by atoms with van der Waals surface area (Å²) < 4.78 is 68.2. The van der Waals surface area contributed by atoms with Gasteiger partial charge in [0.1, 0.15) is 36.5 Å². The molecule has 12 heteroatoms. The first-order chi connectivity index (χ1) is 18.2. The molecule has 0 heterocycles. The molecule has 0 spiro atoms. The largest absolute Gasteiger partial charge is 0.506 e. The second kappa shape index (κ2) is 12.5. The van der Waals surface area contributed by atoms with Crippen LogP contribution in [-0.2, 0) is 26.4 Å². The molecule has 8 nitrogen and oxygen atoms in total. The highest BCUT2D eigenvalue weighted by Crippen LogP contribution is 2.48. The molecule has 1 fully saturated rings. The van der Waals surface area contributed by atoms with Crippen molar-refractivity contribution < 1.29 is 46.8 Å². The number of halogens is 4. The van der Waals surface area contributed by atoms with E-state index in [2.05, 4.69) is 10.3 Å². The number of alkyl halides is 1. The molecule has 1 saturated carbocycles. The fourth-order valence-electron chi connectivity index (χ4n) is 3.60. The van der Waals surface area contributed by atoms with Gasteiger partial charge in [-0.05, 0) is 31.4 Å². The van der Waals surface area contributed by atoms with Gasteiger partial charge in [-0.15, -0.1) is 0 Å². The Kier molecular flexibility index (Phi) is 9.45. The molecular formula is C26H26F4N2O6. The van der Waals surface area contributed by atoms with E-state index in [-0.39, 0.29) is 26.1 Å². The monoisotopic (exact) mass is 538 g/mol. The third-order valence-corrected chi connectivity index (χ3v) is 5.75. The van der Waals surface area contributed by atoms with E-state index in [1.165, 1.54) is 6.92 Å². The number of ether oxygens (including phenoxy) is 2. The topological polar surface area (TPSA) is 117 Å². The van der Waals surface area contributed by atoms with Gasteiger partial charge in [0.15, 0.2) is 11.6 Å². The summed E-state index contributed by atoms with van der Waals surface area (Å²) in [5.41, 5.74) is -3.50. The van der Waals surface area contributed by atoms with Crippen molar-refractivity contribution in [3.63, 3.8) is 0 Å². The van der Waals surface area contributed by atoms with Crippen molar-refractivity contribution in [1.82, 2.24) is 5.32 Å². The van der Waals surface area contributed by atoms with Gasteiger partial charge in [-0.3, -0.25) is 4.99 Å². The Morgan fingerprint density at radius 1 is 1.16 bits per heavy atom. The predicted octanol–water partition coefficient (Wildman–Crippen LogP) is 4.25. The Balaban J connectivity index is 1.92. The Morgan fingerprint density at radius 2 is 1.84 bits per heavy atom. The second-order valence-corrected chi connectivity index (χ2v) is 8.43. The van der Waals surface area contributed by atoms with Crippen molar-refractivity contribution in [1.29, 1.82) is 0 Å². The van der Waals surface area contributed by atoms with Crippen LogP contribution in [0.3, 0.4) is 0 Å². The summed E-state index contributed by atoms with van der Waals surface area (Å²) in [4.78, 5) is 28.2. The number of aliphatic hydroxyl groups is 2. The summed E-state index contributed by atoms with van der Waals surface area (Å²) >= 11 is 0. The number of hydrogen-bond donors (Lipinski definition) is 3. The number of carbonyl (C=O) groups is 2. The van der Waals surface area contributed by atoms with E-state index in [1.54, 1.807) is 30.3 Å². The van der Waals surface area contributed by atoms with Crippen molar-refractivity contribution >= 4 is 24.0 Å². The highest BCUT2D eigenvalue weighted by molar-refractivity contribution is 6.15. The maximum absolute atomic E-state index is 15.2. The van der Waals surface area contributed by atoms with Crippen LogP contribution in [-0.4, -0.2) is 54.4 Å². The Morgan fingerprint density at radius 3 is 2.42 bits per heavy atom. The number of nitrogens with zero attached hydrogens (tertiary/aromatic N) is 1. The highest BCUT2D eigenvalue weighted by atomic mass is 19.2. The third-order valence-electron chi connectivity index (χ3n) is 5.75. The van der Waals surface area contributed by atoms with Crippen LogP contribution in [0.1, 0.15) is 36.5 Å². The van der Waals surface area contributed by atoms with Crippen LogP contribution in [0, 0.1) is 17.5 Å². The summed E-state index contributed by atoms with van der Waals surface area (Å²) in [5, 5.41) is 22.0. The molecule has 2 aromatic rings.